The van der Waals surface area contributed by atoms with Crippen LogP contribution in [0.15, 0.2) is 115 Å². The van der Waals surface area contributed by atoms with Crippen molar-refractivity contribution in [1.82, 2.24) is 19.9 Å². The van der Waals surface area contributed by atoms with Gasteiger partial charge in [-0.15, -0.1) is 0 Å². The van der Waals surface area contributed by atoms with Crippen LogP contribution in [0.5, 0.6) is 0 Å². The molecule has 6 nitrogen and oxygen atoms in total. The van der Waals surface area contributed by atoms with Crippen LogP contribution in [0.1, 0.15) is 0 Å². The summed E-state index contributed by atoms with van der Waals surface area (Å²) < 4.78 is 0. The molecule has 2 heterocycles. The number of para-hydroxylation sites is 1. The zero-order valence-electron chi connectivity index (χ0n) is 19.7. The van der Waals surface area contributed by atoms with Crippen LogP contribution in [-0.4, -0.2) is 37.1 Å². The summed E-state index contributed by atoms with van der Waals surface area (Å²) in [4.78, 5) is 18.8. The SMILES string of the molecule is OB(O)c1ccc(-c2nc(-c3ccccc3)nc(-c3ccc(-c4cccc5cccnc45)cc3)n2)cc1. The van der Waals surface area contributed by atoms with Gasteiger partial charge < -0.3 is 10.0 Å². The minimum Gasteiger partial charge on any atom is -0.423 e. The summed E-state index contributed by atoms with van der Waals surface area (Å²) >= 11 is 0. The predicted molar refractivity (Wildman–Crippen MR) is 147 cm³/mol. The van der Waals surface area contributed by atoms with Crippen molar-refractivity contribution in [2.75, 3.05) is 0 Å². The first-order valence-corrected chi connectivity index (χ1v) is 11.9. The quantitative estimate of drug-likeness (QED) is 0.346. The summed E-state index contributed by atoms with van der Waals surface area (Å²) in [6.07, 6.45) is 1.81. The number of nitrogens with zero attached hydrogens (tertiary/aromatic N) is 4. The maximum absolute atomic E-state index is 9.44. The average molecular weight is 480 g/mol. The van der Waals surface area contributed by atoms with Crippen LogP contribution in [0.4, 0.5) is 0 Å². The van der Waals surface area contributed by atoms with E-state index in [1.807, 2.05) is 60.8 Å². The fourth-order valence-electron chi connectivity index (χ4n) is 4.29. The summed E-state index contributed by atoms with van der Waals surface area (Å²) in [5.74, 6) is 1.62. The van der Waals surface area contributed by atoms with E-state index < -0.39 is 7.12 Å². The van der Waals surface area contributed by atoms with Gasteiger partial charge in [-0.25, -0.2) is 15.0 Å². The molecule has 0 aliphatic heterocycles. The number of hydrogen-bond acceptors (Lipinski definition) is 6. The highest BCUT2D eigenvalue weighted by Gasteiger charge is 2.15. The number of aromatic nitrogens is 4. The summed E-state index contributed by atoms with van der Waals surface area (Å²) in [6.45, 7) is 0. The number of rotatable bonds is 5. The third-order valence-corrected chi connectivity index (χ3v) is 6.22. The van der Waals surface area contributed by atoms with E-state index in [1.54, 1.807) is 24.3 Å². The van der Waals surface area contributed by atoms with E-state index in [1.165, 1.54) is 0 Å². The first-order chi connectivity index (χ1) is 18.2. The molecule has 0 fully saturated rings. The number of fused-ring (bicyclic) bond motifs is 1. The van der Waals surface area contributed by atoms with Crippen LogP contribution >= 0.6 is 0 Å². The second-order valence-electron chi connectivity index (χ2n) is 8.63. The Morgan fingerprint density at radius 2 is 1.03 bits per heavy atom. The summed E-state index contributed by atoms with van der Waals surface area (Å²) in [5, 5.41) is 20.0. The van der Waals surface area contributed by atoms with Crippen molar-refractivity contribution in [3.63, 3.8) is 0 Å². The molecule has 2 N–H and O–H groups in total. The molecule has 0 spiro atoms. The molecule has 7 heteroatoms. The first-order valence-electron chi connectivity index (χ1n) is 11.9. The molecule has 0 saturated carbocycles. The Balaban J connectivity index is 1.43. The van der Waals surface area contributed by atoms with Gasteiger partial charge >= 0.3 is 7.12 Å². The molecule has 0 unspecified atom stereocenters. The molecule has 0 aliphatic rings. The number of pyridine rings is 1. The van der Waals surface area contributed by atoms with Crippen LogP contribution in [-0.2, 0) is 0 Å². The Morgan fingerprint density at radius 3 is 1.65 bits per heavy atom. The molecular weight excluding hydrogens is 459 g/mol. The minimum atomic E-state index is -1.53. The topological polar surface area (TPSA) is 92.0 Å². The Labute approximate surface area is 214 Å². The van der Waals surface area contributed by atoms with E-state index in [2.05, 4.69) is 35.3 Å². The zero-order valence-corrected chi connectivity index (χ0v) is 19.7. The van der Waals surface area contributed by atoms with Crippen molar-refractivity contribution >= 4 is 23.5 Å². The highest BCUT2D eigenvalue weighted by Crippen LogP contribution is 2.30. The van der Waals surface area contributed by atoms with Crippen molar-refractivity contribution in [2.45, 2.75) is 0 Å². The van der Waals surface area contributed by atoms with Crippen molar-refractivity contribution in [3.05, 3.63) is 115 Å². The summed E-state index contributed by atoms with van der Waals surface area (Å²) in [5.41, 5.74) is 5.99. The second-order valence-corrected chi connectivity index (χ2v) is 8.63. The van der Waals surface area contributed by atoms with Crippen LogP contribution in [0.3, 0.4) is 0 Å². The van der Waals surface area contributed by atoms with Crippen molar-refractivity contribution in [3.8, 4) is 45.3 Å². The van der Waals surface area contributed by atoms with Gasteiger partial charge in [0, 0.05) is 33.8 Å². The molecular formula is C30H21BN4O2. The fourth-order valence-corrected chi connectivity index (χ4v) is 4.29. The highest BCUT2D eigenvalue weighted by atomic mass is 16.4. The normalized spacial score (nSPS) is 11.0. The van der Waals surface area contributed by atoms with E-state index in [-0.39, 0.29) is 0 Å². The molecule has 0 aliphatic carbocycles. The van der Waals surface area contributed by atoms with Crippen LogP contribution in [0, 0.1) is 0 Å². The van der Waals surface area contributed by atoms with E-state index in [0.717, 1.165) is 38.7 Å². The molecule has 176 valence electrons. The molecule has 0 atom stereocenters. The smallest absolute Gasteiger partial charge is 0.423 e. The van der Waals surface area contributed by atoms with Gasteiger partial charge in [0.25, 0.3) is 0 Å². The van der Waals surface area contributed by atoms with E-state index in [9.17, 15) is 10.0 Å². The maximum Gasteiger partial charge on any atom is 0.488 e. The molecule has 6 rings (SSSR count). The van der Waals surface area contributed by atoms with Gasteiger partial charge in [0.2, 0.25) is 0 Å². The molecule has 0 amide bonds. The maximum atomic E-state index is 9.44. The Morgan fingerprint density at radius 1 is 0.486 bits per heavy atom. The highest BCUT2D eigenvalue weighted by molar-refractivity contribution is 6.58. The largest absolute Gasteiger partial charge is 0.488 e. The van der Waals surface area contributed by atoms with Crippen molar-refractivity contribution in [1.29, 1.82) is 0 Å². The molecule has 2 aromatic heterocycles. The van der Waals surface area contributed by atoms with E-state index in [4.69, 9.17) is 15.0 Å². The molecule has 37 heavy (non-hydrogen) atoms. The number of hydrogen-bond donors (Lipinski definition) is 2. The average Bonchev–Trinajstić information content (AvgIpc) is 2.97. The van der Waals surface area contributed by atoms with Crippen LogP contribution in [0.25, 0.3) is 56.2 Å². The summed E-state index contributed by atoms with van der Waals surface area (Å²) in [7, 11) is -1.53. The lowest BCUT2D eigenvalue weighted by Crippen LogP contribution is -2.29. The Kier molecular flexibility index (Phi) is 5.98. The second kappa shape index (κ2) is 9.74. The molecule has 0 radical (unpaired) electrons. The predicted octanol–water partition coefficient (Wildman–Crippen LogP) is 4.77. The lowest BCUT2D eigenvalue weighted by Gasteiger charge is -2.10. The minimum absolute atomic E-state index is 0.403. The van der Waals surface area contributed by atoms with Gasteiger partial charge in [0.05, 0.1) is 5.52 Å². The standard InChI is InChI=1S/C30H21BN4O2/c36-31(37)25-17-15-24(16-18-25)30-34-28(22-6-2-1-3-7-22)33-29(35-30)23-13-11-20(12-14-23)26-10-4-8-21-9-5-19-32-27(21)26/h1-19,36-37H. The monoisotopic (exact) mass is 480 g/mol. The van der Waals surface area contributed by atoms with E-state index in [0.29, 0.717) is 22.9 Å². The van der Waals surface area contributed by atoms with Gasteiger partial charge in [0.1, 0.15) is 0 Å². The van der Waals surface area contributed by atoms with Gasteiger partial charge in [-0.05, 0) is 17.1 Å². The first kappa shape index (κ1) is 22.7. The third kappa shape index (κ3) is 4.61. The molecule has 6 aromatic rings. The lowest BCUT2D eigenvalue weighted by atomic mass is 9.80. The molecule has 4 aromatic carbocycles. The molecule has 0 saturated heterocycles. The van der Waals surface area contributed by atoms with Crippen molar-refractivity contribution in [2.24, 2.45) is 0 Å². The van der Waals surface area contributed by atoms with Crippen LogP contribution < -0.4 is 5.46 Å². The zero-order chi connectivity index (χ0) is 25.2. The van der Waals surface area contributed by atoms with Crippen molar-refractivity contribution < 1.29 is 10.0 Å². The third-order valence-electron chi connectivity index (χ3n) is 6.22. The van der Waals surface area contributed by atoms with Gasteiger partial charge in [-0.3, -0.25) is 4.98 Å². The van der Waals surface area contributed by atoms with Gasteiger partial charge in [0.15, 0.2) is 17.5 Å². The fraction of sp³-hybridized carbons (Fsp3) is 0. The lowest BCUT2D eigenvalue weighted by molar-refractivity contribution is 0.426. The molecule has 0 bridgehead atoms. The van der Waals surface area contributed by atoms with E-state index >= 15 is 0 Å². The van der Waals surface area contributed by atoms with Gasteiger partial charge in [-0.2, -0.15) is 0 Å². The Hall–Kier alpha value is -4.72. The van der Waals surface area contributed by atoms with Gasteiger partial charge in [-0.1, -0.05) is 103 Å². The summed E-state index contributed by atoms with van der Waals surface area (Å²) in [6, 6.07) is 34.9. The Bertz CT molecular complexity index is 1680. The van der Waals surface area contributed by atoms with Crippen LogP contribution in [0.2, 0.25) is 0 Å². The number of benzene rings is 4.